The molecule has 0 N–H and O–H groups in total. The third-order valence-corrected chi connectivity index (χ3v) is 2.66. The van der Waals surface area contributed by atoms with Gasteiger partial charge in [-0.05, 0) is 11.6 Å². The fourth-order valence-electron chi connectivity index (χ4n) is 1.66. The Bertz CT molecular complexity index is 564. The summed E-state index contributed by atoms with van der Waals surface area (Å²) in [6.07, 6.45) is 2.35. The van der Waals surface area contributed by atoms with Crippen LogP contribution in [0.3, 0.4) is 0 Å². The minimum Gasteiger partial charge on any atom is -0.478 e. The number of pyridine rings is 1. The molecule has 0 radical (unpaired) electrons. The normalized spacial score (nSPS) is 9.95. The van der Waals surface area contributed by atoms with E-state index in [0.29, 0.717) is 31.3 Å². The number of benzene rings is 1. The number of ether oxygens (including phenoxy) is 2. The lowest BCUT2D eigenvalue weighted by molar-refractivity contribution is 0.106. The fraction of sp³-hybridized carbons (Fsp3) is 0.250. The van der Waals surface area contributed by atoms with Crippen LogP contribution in [0.2, 0.25) is 0 Å². The molecule has 0 aliphatic heterocycles. The van der Waals surface area contributed by atoms with Gasteiger partial charge in [0, 0.05) is 18.7 Å². The summed E-state index contributed by atoms with van der Waals surface area (Å²) in [4.78, 5) is 4.04. The maximum atomic E-state index is 8.76. The largest absolute Gasteiger partial charge is 0.478 e. The summed E-state index contributed by atoms with van der Waals surface area (Å²) in [5.74, 6) is 0.479. The second kappa shape index (κ2) is 7.93. The van der Waals surface area contributed by atoms with Gasteiger partial charge in [0.15, 0.2) is 0 Å². The third-order valence-electron chi connectivity index (χ3n) is 2.66. The van der Waals surface area contributed by atoms with E-state index in [0.717, 1.165) is 12.0 Å². The Labute approximate surface area is 118 Å². The molecule has 0 saturated carbocycles. The maximum absolute atomic E-state index is 8.76. The van der Waals surface area contributed by atoms with Gasteiger partial charge in [-0.1, -0.05) is 30.3 Å². The summed E-state index contributed by atoms with van der Waals surface area (Å²) < 4.78 is 11.0. The highest BCUT2D eigenvalue weighted by Gasteiger charge is 1.98. The molecule has 0 amide bonds. The van der Waals surface area contributed by atoms with Crippen LogP contribution in [0.15, 0.2) is 48.7 Å². The van der Waals surface area contributed by atoms with Crippen molar-refractivity contribution in [1.29, 1.82) is 5.26 Å². The van der Waals surface area contributed by atoms with Crippen LogP contribution in [0, 0.1) is 11.3 Å². The van der Waals surface area contributed by atoms with Gasteiger partial charge in [0.05, 0.1) is 31.5 Å². The van der Waals surface area contributed by atoms with Crippen LogP contribution in [0.4, 0.5) is 0 Å². The Morgan fingerprint density at radius 2 is 1.95 bits per heavy atom. The average molecular weight is 268 g/mol. The Kier molecular flexibility index (Phi) is 5.56. The highest BCUT2D eigenvalue weighted by atomic mass is 16.5. The maximum Gasteiger partial charge on any atom is 0.214 e. The molecule has 4 nitrogen and oxygen atoms in total. The molecule has 0 atom stereocenters. The van der Waals surface area contributed by atoms with E-state index >= 15 is 0 Å². The van der Waals surface area contributed by atoms with Gasteiger partial charge in [-0.2, -0.15) is 5.26 Å². The molecular weight excluding hydrogens is 252 g/mol. The van der Waals surface area contributed by atoms with Crippen molar-refractivity contribution >= 4 is 0 Å². The highest BCUT2D eigenvalue weighted by molar-refractivity contribution is 5.31. The van der Waals surface area contributed by atoms with Crippen molar-refractivity contribution in [1.82, 2.24) is 4.98 Å². The number of hydrogen-bond acceptors (Lipinski definition) is 4. The first-order valence-electron chi connectivity index (χ1n) is 6.49. The van der Waals surface area contributed by atoms with Crippen LogP contribution in [-0.2, 0) is 11.3 Å². The van der Waals surface area contributed by atoms with Crippen molar-refractivity contribution in [2.75, 3.05) is 13.2 Å². The van der Waals surface area contributed by atoms with Gasteiger partial charge in [0.25, 0.3) is 0 Å². The minimum absolute atomic E-state index is 0.479. The summed E-state index contributed by atoms with van der Waals surface area (Å²) in [7, 11) is 0. The quantitative estimate of drug-likeness (QED) is 0.724. The van der Waals surface area contributed by atoms with Crippen molar-refractivity contribution in [3.63, 3.8) is 0 Å². The molecule has 4 heteroatoms. The monoisotopic (exact) mass is 268 g/mol. The van der Waals surface area contributed by atoms with E-state index in [1.165, 1.54) is 0 Å². The van der Waals surface area contributed by atoms with Crippen LogP contribution in [-0.4, -0.2) is 18.2 Å². The molecule has 102 valence electrons. The predicted octanol–water partition coefficient (Wildman–Crippen LogP) is 2.94. The van der Waals surface area contributed by atoms with Gasteiger partial charge in [-0.25, -0.2) is 4.98 Å². The highest BCUT2D eigenvalue weighted by Crippen LogP contribution is 2.08. The van der Waals surface area contributed by atoms with E-state index in [1.54, 1.807) is 18.3 Å². The van der Waals surface area contributed by atoms with Crippen LogP contribution >= 0.6 is 0 Å². The standard InChI is InChI=1S/C16H16N2O2/c17-12-15-7-8-18-16(11-15)20-10-4-9-19-13-14-5-2-1-3-6-14/h1-3,5-8,11H,4,9-10,13H2. The first-order chi connectivity index (χ1) is 9.88. The summed E-state index contributed by atoms with van der Waals surface area (Å²) in [6, 6.07) is 15.4. The second-order valence-electron chi connectivity index (χ2n) is 4.23. The molecular formula is C16H16N2O2. The van der Waals surface area contributed by atoms with E-state index in [1.807, 2.05) is 30.3 Å². The van der Waals surface area contributed by atoms with Crippen LogP contribution < -0.4 is 4.74 Å². The lowest BCUT2D eigenvalue weighted by atomic mass is 10.2. The molecule has 1 aromatic carbocycles. The fourth-order valence-corrected chi connectivity index (χ4v) is 1.66. The molecule has 0 fully saturated rings. The molecule has 20 heavy (non-hydrogen) atoms. The first-order valence-corrected chi connectivity index (χ1v) is 6.49. The van der Waals surface area contributed by atoms with E-state index < -0.39 is 0 Å². The topological polar surface area (TPSA) is 55.1 Å². The third kappa shape index (κ3) is 4.71. The van der Waals surface area contributed by atoms with Crippen LogP contribution in [0.5, 0.6) is 5.88 Å². The van der Waals surface area contributed by atoms with Crippen molar-refractivity contribution < 1.29 is 9.47 Å². The molecule has 1 heterocycles. The number of aromatic nitrogens is 1. The van der Waals surface area contributed by atoms with E-state index in [-0.39, 0.29) is 0 Å². The number of hydrogen-bond donors (Lipinski definition) is 0. The summed E-state index contributed by atoms with van der Waals surface area (Å²) in [6.45, 7) is 1.77. The molecule has 0 unspecified atom stereocenters. The zero-order valence-electron chi connectivity index (χ0n) is 11.2. The molecule has 2 aromatic rings. The number of nitriles is 1. The van der Waals surface area contributed by atoms with E-state index in [9.17, 15) is 0 Å². The molecule has 0 aliphatic rings. The Hall–Kier alpha value is -2.38. The van der Waals surface area contributed by atoms with Crippen LogP contribution in [0.25, 0.3) is 0 Å². The van der Waals surface area contributed by atoms with Crippen LogP contribution in [0.1, 0.15) is 17.5 Å². The van der Waals surface area contributed by atoms with Crippen molar-refractivity contribution in [3.8, 4) is 11.9 Å². The zero-order valence-corrected chi connectivity index (χ0v) is 11.2. The van der Waals surface area contributed by atoms with Gasteiger partial charge in [0.1, 0.15) is 0 Å². The zero-order chi connectivity index (χ0) is 14.0. The van der Waals surface area contributed by atoms with Crippen molar-refractivity contribution in [2.45, 2.75) is 13.0 Å². The van der Waals surface area contributed by atoms with Gasteiger partial charge >= 0.3 is 0 Å². The molecule has 1 aromatic heterocycles. The van der Waals surface area contributed by atoms with Crippen molar-refractivity contribution in [2.24, 2.45) is 0 Å². The van der Waals surface area contributed by atoms with Gasteiger partial charge in [-0.15, -0.1) is 0 Å². The molecule has 0 bridgehead atoms. The smallest absolute Gasteiger partial charge is 0.214 e. The lowest BCUT2D eigenvalue weighted by Crippen LogP contribution is -2.04. The lowest BCUT2D eigenvalue weighted by Gasteiger charge is -2.06. The van der Waals surface area contributed by atoms with E-state index in [4.69, 9.17) is 14.7 Å². The minimum atomic E-state index is 0.479. The molecule has 0 saturated heterocycles. The Morgan fingerprint density at radius 1 is 1.10 bits per heavy atom. The average Bonchev–Trinajstić information content (AvgIpc) is 2.52. The Balaban J connectivity index is 1.61. The first kappa shape index (κ1) is 14.0. The SMILES string of the molecule is N#Cc1ccnc(OCCCOCc2ccccc2)c1. The van der Waals surface area contributed by atoms with E-state index in [2.05, 4.69) is 11.1 Å². The second-order valence-corrected chi connectivity index (χ2v) is 4.23. The molecule has 0 spiro atoms. The van der Waals surface area contributed by atoms with Gasteiger partial charge in [-0.3, -0.25) is 0 Å². The predicted molar refractivity (Wildman–Crippen MR) is 75.2 cm³/mol. The molecule has 2 rings (SSSR count). The number of nitrogens with zero attached hydrogens (tertiary/aromatic N) is 2. The van der Waals surface area contributed by atoms with Gasteiger partial charge < -0.3 is 9.47 Å². The van der Waals surface area contributed by atoms with Gasteiger partial charge in [0.2, 0.25) is 5.88 Å². The summed E-state index contributed by atoms with van der Waals surface area (Å²) in [5.41, 5.74) is 1.71. The Morgan fingerprint density at radius 3 is 2.75 bits per heavy atom. The molecule has 0 aliphatic carbocycles. The number of rotatable bonds is 7. The summed E-state index contributed by atoms with van der Waals surface area (Å²) >= 11 is 0. The summed E-state index contributed by atoms with van der Waals surface area (Å²) in [5, 5.41) is 8.76. The van der Waals surface area contributed by atoms with Crippen molar-refractivity contribution in [3.05, 3.63) is 59.8 Å².